The third kappa shape index (κ3) is 4.45. The maximum atomic E-state index is 12.5. The van der Waals surface area contributed by atoms with Gasteiger partial charge < -0.3 is 20.3 Å². The number of piperidine rings is 1. The van der Waals surface area contributed by atoms with Gasteiger partial charge in [-0.05, 0) is 63.0 Å². The number of hydrogen-bond donors (Lipinski definition) is 3. The predicted octanol–water partition coefficient (Wildman–Crippen LogP) is 2.47. The van der Waals surface area contributed by atoms with Crippen molar-refractivity contribution >= 4 is 22.7 Å². The van der Waals surface area contributed by atoms with E-state index in [-0.39, 0.29) is 17.2 Å². The van der Waals surface area contributed by atoms with Crippen molar-refractivity contribution in [3.8, 4) is 0 Å². The summed E-state index contributed by atoms with van der Waals surface area (Å²) >= 11 is 0. The SMILES string of the molecule is CC(C)(O)CCC(=O)N1CCC2(CC1)CC2CNC(=O)c1cc2cnccc2[nH]1. The minimum atomic E-state index is -0.798. The molecular weight excluding hydrogens is 368 g/mol. The molecule has 1 aliphatic heterocycles. The fourth-order valence-electron chi connectivity index (χ4n) is 4.51. The Bertz CT molecular complexity index is 873. The lowest BCUT2D eigenvalue weighted by molar-refractivity contribution is -0.134. The first kappa shape index (κ1) is 19.9. The van der Waals surface area contributed by atoms with Gasteiger partial charge in [0, 0.05) is 49.4 Å². The molecular formula is C22H30N4O3. The Hall–Kier alpha value is -2.41. The standard InChI is InChI=1S/C22H30N4O3/c1-21(2,29)5-3-19(27)26-9-6-22(7-10-26)12-16(22)14-24-20(28)18-11-15-13-23-8-4-17(15)25-18/h4,8,11,13,16,25,29H,3,5-7,9-10,12,14H2,1-2H3,(H,24,28). The number of nitrogens with zero attached hydrogens (tertiary/aromatic N) is 2. The van der Waals surface area contributed by atoms with Crippen LogP contribution < -0.4 is 5.32 Å². The van der Waals surface area contributed by atoms with E-state index in [0.29, 0.717) is 31.0 Å². The highest BCUT2D eigenvalue weighted by Gasteiger charge is 2.54. The van der Waals surface area contributed by atoms with Crippen molar-refractivity contribution in [1.82, 2.24) is 20.2 Å². The molecule has 2 aromatic rings. The van der Waals surface area contributed by atoms with Gasteiger partial charge in [0.15, 0.2) is 0 Å². The molecule has 7 nitrogen and oxygen atoms in total. The number of likely N-dealkylation sites (tertiary alicyclic amines) is 1. The number of aromatic nitrogens is 2. The summed E-state index contributed by atoms with van der Waals surface area (Å²) in [6, 6.07) is 3.69. The maximum Gasteiger partial charge on any atom is 0.267 e. The molecule has 3 heterocycles. The highest BCUT2D eigenvalue weighted by Crippen LogP contribution is 2.59. The average molecular weight is 399 g/mol. The summed E-state index contributed by atoms with van der Waals surface area (Å²) in [6.45, 7) is 5.72. The van der Waals surface area contributed by atoms with Crippen LogP contribution in [0.1, 0.15) is 56.4 Å². The van der Waals surface area contributed by atoms with Gasteiger partial charge in [-0.3, -0.25) is 14.6 Å². The number of nitrogens with one attached hydrogen (secondary N) is 2. The third-order valence-electron chi connectivity index (χ3n) is 6.60. The summed E-state index contributed by atoms with van der Waals surface area (Å²) in [6.07, 6.45) is 7.46. The summed E-state index contributed by atoms with van der Waals surface area (Å²) in [5.41, 5.74) is 0.961. The van der Waals surface area contributed by atoms with Gasteiger partial charge in [0.05, 0.1) is 5.60 Å². The first-order valence-corrected chi connectivity index (χ1v) is 10.5. The van der Waals surface area contributed by atoms with Crippen LogP contribution in [0.5, 0.6) is 0 Å². The molecule has 2 aromatic heterocycles. The Balaban J connectivity index is 1.23. The van der Waals surface area contributed by atoms with Crippen LogP contribution in [0.15, 0.2) is 24.5 Å². The molecule has 1 saturated carbocycles. The van der Waals surface area contributed by atoms with Crippen molar-refractivity contribution in [3.05, 3.63) is 30.2 Å². The van der Waals surface area contributed by atoms with Crippen molar-refractivity contribution < 1.29 is 14.7 Å². The molecule has 2 aliphatic rings. The first-order chi connectivity index (χ1) is 13.8. The van der Waals surface area contributed by atoms with Crippen LogP contribution in [-0.2, 0) is 4.79 Å². The second-order valence-corrected chi connectivity index (χ2v) is 9.31. The molecule has 0 bridgehead atoms. The Labute approximate surface area is 170 Å². The quantitative estimate of drug-likeness (QED) is 0.696. The van der Waals surface area contributed by atoms with E-state index in [9.17, 15) is 14.7 Å². The number of carbonyl (C=O) groups excluding carboxylic acids is 2. The van der Waals surface area contributed by atoms with Gasteiger partial charge in [-0.2, -0.15) is 0 Å². The summed E-state index contributed by atoms with van der Waals surface area (Å²) < 4.78 is 0. The van der Waals surface area contributed by atoms with Crippen LogP contribution in [-0.4, -0.2) is 57.0 Å². The van der Waals surface area contributed by atoms with E-state index in [1.807, 2.05) is 17.0 Å². The van der Waals surface area contributed by atoms with E-state index >= 15 is 0 Å². The number of amides is 2. The molecule has 0 aromatic carbocycles. The van der Waals surface area contributed by atoms with Crippen LogP contribution in [0.3, 0.4) is 0 Å². The number of aliphatic hydroxyl groups is 1. The number of aromatic amines is 1. The minimum absolute atomic E-state index is 0.0810. The van der Waals surface area contributed by atoms with Crippen LogP contribution in [0.4, 0.5) is 0 Å². The Morgan fingerprint density at radius 3 is 2.83 bits per heavy atom. The molecule has 29 heavy (non-hydrogen) atoms. The van der Waals surface area contributed by atoms with Gasteiger partial charge in [-0.25, -0.2) is 0 Å². The number of pyridine rings is 1. The van der Waals surface area contributed by atoms with E-state index in [2.05, 4.69) is 15.3 Å². The van der Waals surface area contributed by atoms with Gasteiger partial charge in [0.25, 0.3) is 5.91 Å². The van der Waals surface area contributed by atoms with Crippen LogP contribution in [0, 0.1) is 11.3 Å². The lowest BCUT2D eigenvalue weighted by Gasteiger charge is -2.33. The highest BCUT2D eigenvalue weighted by molar-refractivity contribution is 5.97. The van der Waals surface area contributed by atoms with Gasteiger partial charge >= 0.3 is 0 Å². The fraction of sp³-hybridized carbons (Fsp3) is 0.591. The molecule has 156 valence electrons. The second kappa shape index (κ2) is 7.44. The molecule has 1 saturated heterocycles. The van der Waals surface area contributed by atoms with E-state index in [1.165, 1.54) is 0 Å². The largest absolute Gasteiger partial charge is 0.390 e. The molecule has 2 fully saturated rings. The monoisotopic (exact) mass is 398 g/mol. The molecule has 4 rings (SSSR count). The van der Waals surface area contributed by atoms with Crippen LogP contribution in [0.25, 0.3) is 10.9 Å². The molecule has 1 atom stereocenters. The van der Waals surface area contributed by atoms with Gasteiger partial charge in [0.2, 0.25) is 5.91 Å². The molecule has 7 heteroatoms. The van der Waals surface area contributed by atoms with Crippen LogP contribution >= 0.6 is 0 Å². The van der Waals surface area contributed by atoms with E-state index in [0.717, 1.165) is 43.3 Å². The van der Waals surface area contributed by atoms with Crippen molar-refractivity contribution in [1.29, 1.82) is 0 Å². The normalized spacial score (nSPS) is 20.8. The van der Waals surface area contributed by atoms with Gasteiger partial charge in [0.1, 0.15) is 5.69 Å². The van der Waals surface area contributed by atoms with Crippen molar-refractivity contribution in [2.75, 3.05) is 19.6 Å². The van der Waals surface area contributed by atoms with Crippen LogP contribution in [0.2, 0.25) is 0 Å². The lowest BCUT2D eigenvalue weighted by atomic mass is 9.90. The van der Waals surface area contributed by atoms with E-state index < -0.39 is 5.60 Å². The lowest BCUT2D eigenvalue weighted by Crippen LogP contribution is -2.40. The zero-order valence-corrected chi connectivity index (χ0v) is 17.2. The molecule has 1 spiro atoms. The smallest absolute Gasteiger partial charge is 0.267 e. The van der Waals surface area contributed by atoms with E-state index in [1.54, 1.807) is 26.2 Å². The molecule has 1 unspecified atom stereocenters. The number of carbonyl (C=O) groups is 2. The second-order valence-electron chi connectivity index (χ2n) is 9.31. The number of fused-ring (bicyclic) bond motifs is 1. The van der Waals surface area contributed by atoms with E-state index in [4.69, 9.17) is 0 Å². The molecule has 3 N–H and O–H groups in total. The first-order valence-electron chi connectivity index (χ1n) is 10.5. The summed E-state index contributed by atoms with van der Waals surface area (Å²) in [5, 5.41) is 13.8. The minimum Gasteiger partial charge on any atom is -0.390 e. The molecule has 2 amide bonds. The zero-order chi connectivity index (χ0) is 20.6. The number of hydrogen-bond acceptors (Lipinski definition) is 4. The molecule has 1 aliphatic carbocycles. The van der Waals surface area contributed by atoms with Crippen molar-refractivity contribution in [2.45, 2.75) is 51.6 Å². The zero-order valence-electron chi connectivity index (χ0n) is 17.2. The fourth-order valence-corrected chi connectivity index (χ4v) is 4.51. The maximum absolute atomic E-state index is 12.5. The van der Waals surface area contributed by atoms with Gasteiger partial charge in [-0.1, -0.05) is 0 Å². The van der Waals surface area contributed by atoms with Gasteiger partial charge in [-0.15, -0.1) is 0 Å². The average Bonchev–Trinajstić information content (AvgIpc) is 3.16. The highest BCUT2D eigenvalue weighted by atomic mass is 16.3. The number of rotatable bonds is 6. The predicted molar refractivity (Wildman–Crippen MR) is 110 cm³/mol. The molecule has 0 radical (unpaired) electrons. The Morgan fingerprint density at radius 1 is 1.38 bits per heavy atom. The summed E-state index contributed by atoms with van der Waals surface area (Å²) in [4.78, 5) is 34.0. The summed E-state index contributed by atoms with van der Waals surface area (Å²) in [5.74, 6) is 0.550. The van der Waals surface area contributed by atoms with Crippen molar-refractivity contribution in [2.24, 2.45) is 11.3 Å². The summed E-state index contributed by atoms with van der Waals surface area (Å²) in [7, 11) is 0. The topological polar surface area (TPSA) is 98.3 Å². The number of H-pyrrole nitrogens is 1. The third-order valence-corrected chi connectivity index (χ3v) is 6.60. The van der Waals surface area contributed by atoms with Crippen molar-refractivity contribution in [3.63, 3.8) is 0 Å². The Kier molecular flexibility index (Phi) is 5.11. The Morgan fingerprint density at radius 2 is 2.14 bits per heavy atom.